The van der Waals surface area contributed by atoms with Gasteiger partial charge in [0.2, 0.25) is 5.91 Å². The SMILES string of the molecule is CN(C)CCOc1ccc(CNC(=O)CN(C)C(=O)OC(C)(C)C)cc1. The molecule has 146 valence electrons. The van der Waals surface area contributed by atoms with Gasteiger partial charge in [0.1, 0.15) is 24.5 Å². The topological polar surface area (TPSA) is 71.1 Å². The van der Waals surface area contributed by atoms with E-state index in [1.807, 2.05) is 38.4 Å². The Labute approximate surface area is 156 Å². The van der Waals surface area contributed by atoms with Gasteiger partial charge in [-0.2, -0.15) is 0 Å². The van der Waals surface area contributed by atoms with E-state index in [0.29, 0.717) is 13.2 Å². The summed E-state index contributed by atoms with van der Waals surface area (Å²) in [6.45, 7) is 7.16. The molecule has 1 aromatic rings. The molecule has 0 atom stereocenters. The van der Waals surface area contributed by atoms with Crippen LogP contribution in [0, 0.1) is 0 Å². The number of hydrogen-bond donors (Lipinski definition) is 1. The van der Waals surface area contributed by atoms with Crippen molar-refractivity contribution in [3.05, 3.63) is 29.8 Å². The van der Waals surface area contributed by atoms with Gasteiger partial charge in [0.15, 0.2) is 0 Å². The fourth-order valence-corrected chi connectivity index (χ4v) is 1.93. The molecule has 7 heteroatoms. The molecule has 7 nitrogen and oxygen atoms in total. The third-order valence-corrected chi connectivity index (χ3v) is 3.31. The number of amides is 2. The van der Waals surface area contributed by atoms with E-state index in [2.05, 4.69) is 10.2 Å². The number of benzene rings is 1. The molecule has 0 heterocycles. The number of rotatable bonds is 8. The first-order valence-electron chi connectivity index (χ1n) is 8.64. The Morgan fingerprint density at radius 1 is 1.08 bits per heavy atom. The second kappa shape index (κ2) is 10.0. The van der Waals surface area contributed by atoms with Crippen LogP contribution < -0.4 is 10.1 Å². The highest BCUT2D eigenvalue weighted by Crippen LogP contribution is 2.12. The first-order valence-corrected chi connectivity index (χ1v) is 8.64. The minimum absolute atomic E-state index is 0.0549. The van der Waals surface area contributed by atoms with Gasteiger partial charge in [0.25, 0.3) is 0 Å². The molecule has 0 aliphatic carbocycles. The lowest BCUT2D eigenvalue weighted by Gasteiger charge is -2.24. The van der Waals surface area contributed by atoms with Crippen LogP contribution >= 0.6 is 0 Å². The van der Waals surface area contributed by atoms with Crippen LogP contribution in [0.4, 0.5) is 4.79 Å². The van der Waals surface area contributed by atoms with Crippen molar-refractivity contribution in [3.63, 3.8) is 0 Å². The molecular weight excluding hydrogens is 334 g/mol. The summed E-state index contributed by atoms with van der Waals surface area (Å²) in [5.74, 6) is 0.552. The summed E-state index contributed by atoms with van der Waals surface area (Å²) in [7, 11) is 5.53. The molecule has 0 aromatic heterocycles. The van der Waals surface area contributed by atoms with Crippen molar-refractivity contribution in [3.8, 4) is 5.75 Å². The number of carbonyl (C=O) groups is 2. The van der Waals surface area contributed by atoms with Crippen LogP contribution in [0.25, 0.3) is 0 Å². The standard InChI is InChI=1S/C19H31N3O4/c1-19(2,3)26-18(24)22(6)14-17(23)20-13-15-7-9-16(10-8-15)25-12-11-21(4)5/h7-10H,11-14H2,1-6H3,(H,20,23). The van der Waals surface area contributed by atoms with Crippen LogP contribution in [0.1, 0.15) is 26.3 Å². The van der Waals surface area contributed by atoms with E-state index in [1.165, 1.54) is 11.9 Å². The van der Waals surface area contributed by atoms with Crippen molar-refractivity contribution in [2.24, 2.45) is 0 Å². The molecule has 0 radical (unpaired) electrons. The minimum Gasteiger partial charge on any atom is -0.492 e. The molecule has 0 aliphatic rings. The summed E-state index contributed by atoms with van der Waals surface area (Å²) in [6.07, 6.45) is -0.521. The van der Waals surface area contributed by atoms with E-state index in [4.69, 9.17) is 9.47 Å². The number of likely N-dealkylation sites (N-methyl/N-ethyl adjacent to an activating group) is 2. The fourth-order valence-electron chi connectivity index (χ4n) is 1.93. The summed E-state index contributed by atoms with van der Waals surface area (Å²) in [5, 5.41) is 2.79. The minimum atomic E-state index is -0.585. The monoisotopic (exact) mass is 365 g/mol. The molecule has 1 rings (SSSR count). The highest BCUT2D eigenvalue weighted by molar-refractivity contribution is 5.82. The lowest BCUT2D eigenvalue weighted by molar-refractivity contribution is -0.122. The number of ether oxygens (including phenoxy) is 2. The van der Waals surface area contributed by atoms with Crippen molar-refractivity contribution in [1.29, 1.82) is 0 Å². The zero-order valence-corrected chi connectivity index (χ0v) is 16.7. The molecule has 26 heavy (non-hydrogen) atoms. The van der Waals surface area contributed by atoms with Crippen LogP contribution in [0.5, 0.6) is 5.75 Å². The zero-order chi connectivity index (χ0) is 19.7. The molecule has 1 N–H and O–H groups in total. The van der Waals surface area contributed by atoms with Crippen molar-refractivity contribution < 1.29 is 19.1 Å². The van der Waals surface area contributed by atoms with Gasteiger partial charge >= 0.3 is 6.09 Å². The third kappa shape index (κ3) is 9.27. The lowest BCUT2D eigenvalue weighted by atomic mass is 10.2. The number of nitrogens with zero attached hydrogens (tertiary/aromatic N) is 2. The quantitative estimate of drug-likeness (QED) is 0.764. The first kappa shape index (κ1) is 21.8. The van der Waals surface area contributed by atoms with Crippen molar-refractivity contribution in [2.45, 2.75) is 32.9 Å². The average Bonchev–Trinajstić information content (AvgIpc) is 2.52. The summed E-state index contributed by atoms with van der Waals surface area (Å²) < 4.78 is 10.8. The van der Waals surface area contributed by atoms with Gasteiger partial charge in [-0.3, -0.25) is 4.79 Å². The van der Waals surface area contributed by atoms with Crippen LogP contribution in [0.3, 0.4) is 0 Å². The van der Waals surface area contributed by atoms with Gasteiger partial charge in [-0.05, 0) is 52.6 Å². The smallest absolute Gasteiger partial charge is 0.410 e. The van der Waals surface area contributed by atoms with Crippen molar-refractivity contribution in [1.82, 2.24) is 15.1 Å². The predicted octanol–water partition coefficient (Wildman–Crippen LogP) is 2.11. The van der Waals surface area contributed by atoms with Crippen LogP contribution in [-0.4, -0.2) is 68.2 Å². The second-order valence-corrected chi connectivity index (χ2v) is 7.41. The molecule has 0 saturated carbocycles. The first-order chi connectivity index (χ1) is 12.1. The van der Waals surface area contributed by atoms with Gasteiger partial charge in [-0.15, -0.1) is 0 Å². The molecule has 0 spiro atoms. The maximum atomic E-state index is 12.0. The molecule has 0 fully saturated rings. The van der Waals surface area contributed by atoms with E-state index in [0.717, 1.165) is 17.9 Å². The van der Waals surface area contributed by atoms with Gasteiger partial charge in [-0.1, -0.05) is 12.1 Å². The number of carbonyl (C=O) groups excluding carboxylic acids is 2. The second-order valence-electron chi connectivity index (χ2n) is 7.41. The van der Waals surface area contributed by atoms with Crippen molar-refractivity contribution >= 4 is 12.0 Å². The summed E-state index contributed by atoms with van der Waals surface area (Å²) in [5.41, 5.74) is 0.372. The van der Waals surface area contributed by atoms with Crippen LogP contribution in [0.2, 0.25) is 0 Å². The Bertz CT molecular complexity index is 579. The van der Waals surface area contributed by atoms with Gasteiger partial charge in [-0.25, -0.2) is 4.79 Å². The Morgan fingerprint density at radius 3 is 2.23 bits per heavy atom. The van der Waals surface area contributed by atoms with E-state index in [-0.39, 0.29) is 12.5 Å². The third-order valence-electron chi connectivity index (χ3n) is 3.31. The molecule has 0 unspecified atom stereocenters. The highest BCUT2D eigenvalue weighted by atomic mass is 16.6. The summed E-state index contributed by atoms with van der Waals surface area (Å²) in [4.78, 5) is 27.1. The van der Waals surface area contributed by atoms with Gasteiger partial charge < -0.3 is 24.6 Å². The van der Waals surface area contributed by atoms with Crippen LogP contribution in [0.15, 0.2) is 24.3 Å². The Hall–Kier alpha value is -2.28. The lowest BCUT2D eigenvalue weighted by Crippen LogP contribution is -2.40. The molecule has 2 amide bonds. The largest absolute Gasteiger partial charge is 0.492 e. The van der Waals surface area contributed by atoms with Gasteiger partial charge in [0, 0.05) is 20.1 Å². The number of hydrogen-bond acceptors (Lipinski definition) is 5. The molecule has 0 aliphatic heterocycles. The molecule has 0 bridgehead atoms. The van der Waals surface area contributed by atoms with E-state index in [1.54, 1.807) is 20.8 Å². The normalized spacial score (nSPS) is 11.2. The van der Waals surface area contributed by atoms with E-state index in [9.17, 15) is 9.59 Å². The Balaban J connectivity index is 2.37. The summed E-state index contributed by atoms with van der Waals surface area (Å²) in [6, 6.07) is 7.57. The predicted molar refractivity (Wildman–Crippen MR) is 101 cm³/mol. The van der Waals surface area contributed by atoms with Crippen molar-refractivity contribution in [2.75, 3.05) is 40.8 Å². The van der Waals surface area contributed by atoms with Gasteiger partial charge in [0.05, 0.1) is 0 Å². The molecular formula is C19H31N3O4. The fraction of sp³-hybridized carbons (Fsp3) is 0.579. The Kier molecular flexibility index (Phi) is 8.38. The van der Waals surface area contributed by atoms with Crippen LogP contribution in [-0.2, 0) is 16.1 Å². The van der Waals surface area contributed by atoms with E-state index < -0.39 is 11.7 Å². The number of nitrogens with one attached hydrogen (secondary N) is 1. The molecule has 0 saturated heterocycles. The maximum absolute atomic E-state index is 12.0. The maximum Gasteiger partial charge on any atom is 0.410 e. The Morgan fingerprint density at radius 2 is 1.69 bits per heavy atom. The summed E-state index contributed by atoms with van der Waals surface area (Å²) >= 11 is 0. The molecule has 1 aromatic carbocycles. The zero-order valence-electron chi connectivity index (χ0n) is 16.7. The van der Waals surface area contributed by atoms with E-state index >= 15 is 0 Å². The average molecular weight is 365 g/mol. The highest BCUT2D eigenvalue weighted by Gasteiger charge is 2.20.